The number of rotatable bonds is 5. The molecule has 104 valence electrons. The second-order valence-electron chi connectivity index (χ2n) is 4.18. The van der Waals surface area contributed by atoms with Crippen molar-refractivity contribution in [2.24, 2.45) is 0 Å². The third kappa shape index (κ3) is 2.77. The van der Waals surface area contributed by atoms with E-state index in [0.29, 0.717) is 11.4 Å². The second-order valence-corrected chi connectivity index (χ2v) is 4.18. The minimum Gasteiger partial charge on any atom is -0.477 e. The summed E-state index contributed by atoms with van der Waals surface area (Å²) < 4.78 is 5.22. The molecule has 0 bridgehead atoms. The van der Waals surface area contributed by atoms with Gasteiger partial charge in [-0.1, -0.05) is 0 Å². The Balaban J connectivity index is 2.27. The summed E-state index contributed by atoms with van der Waals surface area (Å²) in [5, 5.41) is 22.8. The van der Waals surface area contributed by atoms with Crippen molar-refractivity contribution in [1.82, 2.24) is 0 Å². The molecule has 0 saturated carbocycles. The zero-order valence-corrected chi connectivity index (χ0v) is 10.6. The lowest BCUT2D eigenvalue weighted by Gasteiger charge is -2.13. The fraction of sp³-hybridized carbons (Fsp3) is 0.154. The van der Waals surface area contributed by atoms with Crippen LogP contribution in [0.3, 0.4) is 0 Å². The van der Waals surface area contributed by atoms with Gasteiger partial charge in [0.1, 0.15) is 11.3 Å². The number of benzene rings is 1. The van der Waals surface area contributed by atoms with Gasteiger partial charge in [0.25, 0.3) is 5.69 Å². The maximum Gasteiger partial charge on any atom is 0.342 e. The van der Waals surface area contributed by atoms with Crippen molar-refractivity contribution in [1.29, 1.82) is 0 Å². The SMILES string of the molecule is CC(Nc1ccc(C(=O)O)c([N+](=O)[O-])c1)c1ccco1. The van der Waals surface area contributed by atoms with Crippen LogP contribution in [0, 0.1) is 10.1 Å². The summed E-state index contributed by atoms with van der Waals surface area (Å²) in [6.45, 7) is 1.83. The van der Waals surface area contributed by atoms with E-state index < -0.39 is 16.6 Å². The predicted molar refractivity (Wildman–Crippen MR) is 70.8 cm³/mol. The minimum atomic E-state index is -1.33. The van der Waals surface area contributed by atoms with Gasteiger partial charge in [-0.3, -0.25) is 10.1 Å². The molecular formula is C13H12N2O5. The molecule has 0 amide bonds. The zero-order valence-electron chi connectivity index (χ0n) is 10.6. The van der Waals surface area contributed by atoms with E-state index in [2.05, 4.69) is 5.32 Å². The summed E-state index contributed by atoms with van der Waals surface area (Å²) in [5.41, 5.74) is -0.342. The Kier molecular flexibility index (Phi) is 3.69. The van der Waals surface area contributed by atoms with Crippen molar-refractivity contribution in [2.75, 3.05) is 5.32 Å². The van der Waals surface area contributed by atoms with Gasteiger partial charge in [-0.2, -0.15) is 0 Å². The van der Waals surface area contributed by atoms with E-state index in [9.17, 15) is 14.9 Å². The molecule has 2 rings (SSSR count). The maximum atomic E-state index is 10.9. The Labute approximate surface area is 114 Å². The number of furan rings is 1. The molecule has 1 aromatic heterocycles. The molecule has 1 aromatic carbocycles. The van der Waals surface area contributed by atoms with Crippen LogP contribution in [0.4, 0.5) is 11.4 Å². The number of aromatic carboxylic acids is 1. The van der Waals surface area contributed by atoms with E-state index in [1.54, 1.807) is 12.1 Å². The van der Waals surface area contributed by atoms with E-state index in [1.165, 1.54) is 24.5 Å². The van der Waals surface area contributed by atoms with Gasteiger partial charge in [0, 0.05) is 11.8 Å². The Morgan fingerprint density at radius 3 is 2.75 bits per heavy atom. The van der Waals surface area contributed by atoms with Gasteiger partial charge in [0.2, 0.25) is 0 Å². The maximum absolute atomic E-state index is 10.9. The smallest absolute Gasteiger partial charge is 0.342 e. The molecule has 0 spiro atoms. The number of nitro groups is 1. The largest absolute Gasteiger partial charge is 0.477 e. The highest BCUT2D eigenvalue weighted by Crippen LogP contribution is 2.26. The van der Waals surface area contributed by atoms with Crippen molar-refractivity contribution in [3.8, 4) is 0 Å². The number of hydrogen-bond donors (Lipinski definition) is 2. The van der Waals surface area contributed by atoms with E-state index in [-0.39, 0.29) is 11.6 Å². The van der Waals surface area contributed by atoms with Crippen LogP contribution < -0.4 is 5.32 Å². The third-order valence-corrected chi connectivity index (χ3v) is 2.78. The molecule has 0 aliphatic rings. The van der Waals surface area contributed by atoms with Gasteiger partial charge < -0.3 is 14.8 Å². The summed E-state index contributed by atoms with van der Waals surface area (Å²) >= 11 is 0. The van der Waals surface area contributed by atoms with E-state index >= 15 is 0 Å². The molecule has 7 nitrogen and oxygen atoms in total. The quantitative estimate of drug-likeness (QED) is 0.642. The highest BCUT2D eigenvalue weighted by Gasteiger charge is 2.20. The lowest BCUT2D eigenvalue weighted by molar-refractivity contribution is -0.385. The highest BCUT2D eigenvalue weighted by molar-refractivity contribution is 5.93. The number of carboxylic acids is 1. The van der Waals surface area contributed by atoms with Crippen LogP contribution in [0.5, 0.6) is 0 Å². The monoisotopic (exact) mass is 276 g/mol. The first kappa shape index (κ1) is 13.6. The number of nitrogens with one attached hydrogen (secondary N) is 1. The van der Waals surface area contributed by atoms with E-state index in [0.717, 1.165) is 0 Å². The molecule has 2 N–H and O–H groups in total. The molecule has 1 atom stereocenters. The molecule has 0 fully saturated rings. The van der Waals surface area contributed by atoms with Crippen molar-refractivity contribution in [3.05, 3.63) is 58.0 Å². The van der Waals surface area contributed by atoms with Crippen LogP contribution in [-0.2, 0) is 0 Å². The first-order valence-corrected chi connectivity index (χ1v) is 5.80. The Morgan fingerprint density at radius 1 is 1.45 bits per heavy atom. The Morgan fingerprint density at radius 2 is 2.20 bits per heavy atom. The van der Waals surface area contributed by atoms with Crippen LogP contribution in [-0.4, -0.2) is 16.0 Å². The second kappa shape index (κ2) is 5.43. The average molecular weight is 276 g/mol. The first-order valence-electron chi connectivity index (χ1n) is 5.80. The fourth-order valence-electron chi connectivity index (χ4n) is 1.81. The molecule has 0 saturated heterocycles. The van der Waals surface area contributed by atoms with Gasteiger partial charge in [-0.05, 0) is 31.2 Å². The van der Waals surface area contributed by atoms with Crippen LogP contribution >= 0.6 is 0 Å². The zero-order chi connectivity index (χ0) is 14.7. The van der Waals surface area contributed by atoms with Crippen LogP contribution in [0.1, 0.15) is 29.1 Å². The molecule has 7 heteroatoms. The average Bonchev–Trinajstić information content (AvgIpc) is 2.92. The topological polar surface area (TPSA) is 106 Å². The predicted octanol–water partition coefficient (Wildman–Crippen LogP) is 3.06. The van der Waals surface area contributed by atoms with Crippen LogP contribution in [0.25, 0.3) is 0 Å². The van der Waals surface area contributed by atoms with Gasteiger partial charge in [0.15, 0.2) is 0 Å². The minimum absolute atomic E-state index is 0.194. The summed E-state index contributed by atoms with van der Waals surface area (Å²) in [6.07, 6.45) is 1.53. The van der Waals surface area contributed by atoms with Crippen LogP contribution in [0.2, 0.25) is 0 Å². The summed E-state index contributed by atoms with van der Waals surface area (Å²) in [4.78, 5) is 21.1. The van der Waals surface area contributed by atoms with Crippen molar-refractivity contribution >= 4 is 17.3 Å². The summed E-state index contributed by atoms with van der Waals surface area (Å²) in [5.74, 6) is -0.655. The molecule has 20 heavy (non-hydrogen) atoms. The number of carboxylic acid groups (broad SMARTS) is 1. The third-order valence-electron chi connectivity index (χ3n) is 2.78. The lowest BCUT2D eigenvalue weighted by atomic mass is 10.1. The highest BCUT2D eigenvalue weighted by atomic mass is 16.6. The number of nitro benzene ring substituents is 1. The molecule has 1 heterocycles. The first-order chi connectivity index (χ1) is 9.49. The summed E-state index contributed by atoms with van der Waals surface area (Å²) in [7, 11) is 0. The number of hydrogen-bond acceptors (Lipinski definition) is 5. The number of carbonyl (C=O) groups is 1. The molecule has 0 aliphatic heterocycles. The van der Waals surface area contributed by atoms with Gasteiger partial charge in [-0.15, -0.1) is 0 Å². The van der Waals surface area contributed by atoms with E-state index in [1.807, 2.05) is 6.92 Å². The normalized spacial score (nSPS) is 11.8. The number of nitrogens with zero attached hydrogens (tertiary/aromatic N) is 1. The van der Waals surface area contributed by atoms with Gasteiger partial charge in [0.05, 0.1) is 17.2 Å². The number of anilines is 1. The Hall–Kier alpha value is -2.83. The van der Waals surface area contributed by atoms with Crippen molar-refractivity contribution in [3.63, 3.8) is 0 Å². The standard InChI is InChI=1S/C13H12N2O5/c1-8(12-3-2-6-20-12)14-9-4-5-10(13(16)17)11(7-9)15(18)19/h2-8,14H,1H3,(H,16,17). The van der Waals surface area contributed by atoms with Crippen LogP contribution in [0.15, 0.2) is 41.0 Å². The van der Waals surface area contributed by atoms with Crippen molar-refractivity contribution < 1.29 is 19.2 Å². The molecule has 0 aliphatic carbocycles. The fourth-order valence-corrected chi connectivity index (χ4v) is 1.81. The molecule has 0 radical (unpaired) electrons. The lowest BCUT2D eigenvalue weighted by Crippen LogP contribution is -2.08. The molecular weight excluding hydrogens is 264 g/mol. The Bertz CT molecular complexity index is 636. The molecule has 2 aromatic rings. The molecule has 1 unspecified atom stereocenters. The van der Waals surface area contributed by atoms with Crippen molar-refractivity contribution in [2.45, 2.75) is 13.0 Å². The van der Waals surface area contributed by atoms with E-state index in [4.69, 9.17) is 9.52 Å². The van der Waals surface area contributed by atoms with Gasteiger partial charge in [-0.25, -0.2) is 4.79 Å². The summed E-state index contributed by atoms with van der Waals surface area (Å²) in [6, 6.07) is 7.21. The van der Waals surface area contributed by atoms with Gasteiger partial charge >= 0.3 is 5.97 Å².